The smallest absolute Gasteiger partial charge is 0.0910 e. The van der Waals surface area contributed by atoms with E-state index in [0.29, 0.717) is 0 Å². The van der Waals surface area contributed by atoms with Gasteiger partial charge in [-0.15, -0.1) is 0 Å². The predicted octanol–water partition coefficient (Wildman–Crippen LogP) is 9.40. The molecule has 2 aromatic heterocycles. The Bertz CT molecular complexity index is 1430. The van der Waals surface area contributed by atoms with Crippen molar-refractivity contribution in [3.8, 4) is 0 Å². The van der Waals surface area contributed by atoms with E-state index < -0.39 is 0 Å². The Morgan fingerprint density at radius 2 is 1.15 bits per heavy atom. The number of aromatic nitrogens is 2. The topological polar surface area (TPSA) is 56.3 Å². The molecule has 0 radical (unpaired) electrons. The molecule has 39 heavy (non-hydrogen) atoms. The average Bonchev–Trinajstić information content (AvgIpc) is 3.68. The van der Waals surface area contributed by atoms with Crippen LogP contribution in [0.2, 0.25) is 0 Å². The number of hydrogen-bond acceptors (Lipinski definition) is 2. The molecular weight excluding hydrogens is 476 g/mol. The molecule has 0 saturated heterocycles. The highest BCUT2D eigenvalue weighted by molar-refractivity contribution is 6.16. The van der Waals surface area contributed by atoms with Crippen molar-refractivity contribution >= 4 is 24.1 Å². The van der Waals surface area contributed by atoms with Crippen LogP contribution in [0.5, 0.6) is 0 Å². The molecule has 208 valence electrons. The fraction of sp³-hybridized carbons (Fsp3) is 0.486. The average molecular weight is 525 g/mol. The molecule has 2 aromatic rings. The molecule has 2 aliphatic rings. The first kappa shape index (κ1) is 28.9. The molecule has 0 aliphatic carbocycles. The number of hydrogen-bond donors (Lipinski definition) is 2. The summed E-state index contributed by atoms with van der Waals surface area (Å²) in [5.41, 5.74) is 19.4. The first-order valence-corrected chi connectivity index (χ1v) is 15.4. The van der Waals surface area contributed by atoms with Gasteiger partial charge in [0.05, 0.1) is 22.8 Å². The zero-order valence-corrected chi connectivity index (χ0v) is 25.8. The van der Waals surface area contributed by atoms with Crippen molar-refractivity contribution in [3.63, 3.8) is 0 Å². The van der Waals surface area contributed by atoms with Gasteiger partial charge >= 0.3 is 0 Å². The molecule has 0 spiro atoms. The van der Waals surface area contributed by atoms with Gasteiger partial charge in [-0.25, -0.2) is 4.99 Å². The van der Waals surface area contributed by atoms with E-state index in [1.54, 1.807) is 0 Å². The highest BCUT2D eigenvalue weighted by atomic mass is 14.9. The molecule has 0 unspecified atom stereocenters. The van der Waals surface area contributed by atoms with E-state index in [9.17, 15) is 0 Å². The van der Waals surface area contributed by atoms with E-state index in [1.807, 2.05) is 0 Å². The van der Waals surface area contributed by atoms with Crippen LogP contribution in [0.25, 0.3) is 12.2 Å². The molecule has 0 bridgehead atoms. The third-order valence-corrected chi connectivity index (χ3v) is 8.62. The number of nitrogens with one attached hydrogen (secondary N) is 2. The van der Waals surface area contributed by atoms with Crippen molar-refractivity contribution < 1.29 is 0 Å². The van der Waals surface area contributed by atoms with Gasteiger partial charge in [0.2, 0.25) is 0 Å². The lowest BCUT2D eigenvalue weighted by Crippen LogP contribution is -2.06. The predicted molar refractivity (Wildman–Crippen MR) is 170 cm³/mol. The summed E-state index contributed by atoms with van der Waals surface area (Å²) in [7, 11) is 0. The van der Waals surface area contributed by atoms with E-state index in [1.165, 1.54) is 67.3 Å². The third-order valence-electron chi connectivity index (χ3n) is 8.62. The lowest BCUT2D eigenvalue weighted by Gasteiger charge is -2.08. The summed E-state index contributed by atoms with van der Waals surface area (Å²) in [4.78, 5) is 17.7. The summed E-state index contributed by atoms with van der Waals surface area (Å²) in [6, 6.07) is 0. The van der Waals surface area contributed by atoms with Gasteiger partial charge in [-0.3, -0.25) is 4.99 Å². The zero-order chi connectivity index (χ0) is 28.3. The van der Waals surface area contributed by atoms with Crippen LogP contribution in [0.15, 0.2) is 43.7 Å². The summed E-state index contributed by atoms with van der Waals surface area (Å²) in [5.74, 6) is 0. The van der Waals surface area contributed by atoms with Crippen LogP contribution in [0, 0.1) is 6.92 Å². The highest BCUT2D eigenvalue weighted by Gasteiger charge is 2.28. The number of rotatable bonds is 11. The Labute approximate surface area is 236 Å². The minimum atomic E-state index is 0.969. The summed E-state index contributed by atoms with van der Waals surface area (Å²) in [5, 5.41) is 0. The van der Waals surface area contributed by atoms with Crippen molar-refractivity contribution in [2.24, 2.45) is 9.98 Å². The zero-order valence-electron chi connectivity index (χ0n) is 25.8. The molecule has 2 N–H and O–H groups in total. The Kier molecular flexibility index (Phi) is 9.15. The monoisotopic (exact) mass is 524 g/mol. The van der Waals surface area contributed by atoms with E-state index in [-0.39, 0.29) is 0 Å². The number of allylic oxidation sites excluding steroid dienone is 4. The first-order chi connectivity index (χ1) is 18.9. The summed E-state index contributed by atoms with van der Waals surface area (Å²) < 4.78 is 0. The van der Waals surface area contributed by atoms with Crippen LogP contribution in [-0.4, -0.2) is 21.9 Å². The Morgan fingerprint density at radius 1 is 0.590 bits per heavy atom. The molecule has 2 aliphatic heterocycles. The maximum Gasteiger partial charge on any atom is 0.0910 e. The molecule has 4 heteroatoms. The highest BCUT2D eigenvalue weighted by Crippen LogP contribution is 2.37. The normalized spacial score (nSPS) is 17.6. The molecule has 0 fully saturated rings. The van der Waals surface area contributed by atoms with Crippen LogP contribution in [0.3, 0.4) is 0 Å². The summed E-state index contributed by atoms with van der Waals surface area (Å²) in [6.07, 6.45) is 14.7. The Balaban J connectivity index is 1.89. The van der Waals surface area contributed by atoms with Gasteiger partial charge in [0.15, 0.2) is 0 Å². The van der Waals surface area contributed by atoms with Crippen LogP contribution in [0.4, 0.5) is 0 Å². The fourth-order valence-electron chi connectivity index (χ4n) is 6.70. The molecule has 4 nitrogen and oxygen atoms in total. The number of aliphatic imine (C=N–C) groups is 2. The molecule has 0 amide bonds. The molecule has 4 rings (SSSR count). The van der Waals surface area contributed by atoms with Gasteiger partial charge in [-0.1, -0.05) is 55.4 Å². The molecule has 0 atom stereocenters. The number of aryl methyl sites for hydroxylation is 1. The van der Waals surface area contributed by atoms with Crippen molar-refractivity contribution in [1.82, 2.24) is 9.97 Å². The Morgan fingerprint density at radius 3 is 1.72 bits per heavy atom. The second-order valence-electron chi connectivity index (χ2n) is 10.6. The number of aromatic amines is 2. The van der Waals surface area contributed by atoms with Crippen molar-refractivity contribution in [1.29, 1.82) is 0 Å². The standard InChI is InChI=1S/C35H48N4/c1-10-22-20-36-30(24(22)12-3)18-32-26(14-5)28(16-7)34(38-32)35-29(17-8)27(15-6)33(39-35)19-31-25(13-4)23(11-2)21(9)37-31/h18-20,37-38H,10-17H2,1-9H3/b30-18-,33-19+. The van der Waals surface area contributed by atoms with Crippen LogP contribution in [-0.2, 0) is 25.7 Å². The number of H-pyrrole nitrogens is 2. The minimum absolute atomic E-state index is 0.969. The lowest BCUT2D eigenvalue weighted by molar-refractivity contribution is 1.04. The SMILES string of the molecule is CCC1=C(CC)/C(=C/c2[nH]c(C3=N/C(=C/c4[nH]c(C)c(CC)c4CC)C(CC)=C3CC)c(CC)c2CC)N=C1. The van der Waals surface area contributed by atoms with Crippen molar-refractivity contribution in [3.05, 3.63) is 78.7 Å². The van der Waals surface area contributed by atoms with Crippen molar-refractivity contribution in [2.45, 2.75) is 114 Å². The molecule has 4 heterocycles. The largest absolute Gasteiger partial charge is 0.359 e. The number of nitrogens with zero attached hydrogens (tertiary/aromatic N) is 2. The van der Waals surface area contributed by atoms with Crippen LogP contribution in [0.1, 0.15) is 126 Å². The van der Waals surface area contributed by atoms with E-state index in [4.69, 9.17) is 9.98 Å². The van der Waals surface area contributed by atoms with Gasteiger partial charge in [0.25, 0.3) is 0 Å². The molecular formula is C35H48N4. The van der Waals surface area contributed by atoms with Gasteiger partial charge in [0, 0.05) is 23.3 Å². The third kappa shape index (κ3) is 5.11. The molecule has 0 saturated carbocycles. The maximum atomic E-state index is 5.38. The van der Waals surface area contributed by atoms with Crippen LogP contribution < -0.4 is 0 Å². The van der Waals surface area contributed by atoms with E-state index in [0.717, 1.165) is 68.5 Å². The maximum absolute atomic E-state index is 5.38. The lowest BCUT2D eigenvalue weighted by atomic mass is 9.94. The fourth-order valence-corrected chi connectivity index (χ4v) is 6.70. The van der Waals surface area contributed by atoms with E-state index >= 15 is 0 Å². The van der Waals surface area contributed by atoms with Crippen LogP contribution >= 0.6 is 0 Å². The first-order valence-electron chi connectivity index (χ1n) is 15.4. The van der Waals surface area contributed by atoms with Gasteiger partial charge < -0.3 is 9.97 Å². The van der Waals surface area contributed by atoms with E-state index in [2.05, 4.69) is 90.6 Å². The van der Waals surface area contributed by atoms with Gasteiger partial charge in [-0.05, 0) is 115 Å². The van der Waals surface area contributed by atoms with Gasteiger partial charge in [0.1, 0.15) is 0 Å². The quantitative estimate of drug-likeness (QED) is 0.294. The van der Waals surface area contributed by atoms with Crippen molar-refractivity contribution in [2.75, 3.05) is 0 Å². The second kappa shape index (κ2) is 12.4. The minimum Gasteiger partial charge on any atom is -0.359 e. The molecule has 0 aromatic carbocycles. The van der Waals surface area contributed by atoms with Gasteiger partial charge in [-0.2, -0.15) is 0 Å². The second-order valence-corrected chi connectivity index (χ2v) is 10.6. The summed E-state index contributed by atoms with van der Waals surface area (Å²) >= 11 is 0. The Hall–Kier alpha value is -3.14. The summed E-state index contributed by atoms with van der Waals surface area (Å²) in [6.45, 7) is 20.2.